The quantitative estimate of drug-likeness (QED) is 0.581. The van der Waals surface area contributed by atoms with E-state index in [1.54, 1.807) is 0 Å². The minimum Gasteiger partial charge on any atom is -0.360 e. The fourth-order valence-corrected chi connectivity index (χ4v) is 1.80. The zero-order chi connectivity index (χ0) is 11.2. The molecule has 16 heavy (non-hydrogen) atoms. The molecule has 0 aliphatic rings. The van der Waals surface area contributed by atoms with Crippen molar-refractivity contribution in [3.05, 3.63) is 36.0 Å². The molecule has 0 aliphatic carbocycles. The third-order valence-electron chi connectivity index (χ3n) is 2.72. The summed E-state index contributed by atoms with van der Waals surface area (Å²) in [5.74, 6) is 6.49. The first-order chi connectivity index (χ1) is 7.92. The molecule has 0 unspecified atom stereocenters. The highest BCUT2D eigenvalue weighted by Gasteiger charge is 1.98. The largest absolute Gasteiger partial charge is 0.360 e. The van der Waals surface area contributed by atoms with Gasteiger partial charge in [0.1, 0.15) is 0 Å². The number of hydrogen-bond donors (Lipinski definition) is 1. The first-order valence-corrected chi connectivity index (χ1v) is 5.97. The summed E-state index contributed by atoms with van der Waals surface area (Å²) in [6.07, 6.45) is 6.76. The molecular formula is C15H17N. The van der Waals surface area contributed by atoms with E-state index >= 15 is 0 Å². The molecule has 1 aromatic carbocycles. The maximum Gasteiger partial charge on any atom is 0.0498 e. The number of rotatable bonds is 3. The predicted octanol–water partition coefficient (Wildman–Crippen LogP) is 4.10. The van der Waals surface area contributed by atoms with Gasteiger partial charge in [-0.3, -0.25) is 0 Å². The summed E-state index contributed by atoms with van der Waals surface area (Å²) in [7, 11) is 0. The minimum atomic E-state index is 1.01. The maximum atomic E-state index is 3.25. The third-order valence-corrected chi connectivity index (χ3v) is 2.72. The molecule has 82 valence electrons. The molecule has 1 N–H and O–H groups in total. The summed E-state index contributed by atoms with van der Waals surface area (Å²) < 4.78 is 0. The Balaban J connectivity index is 2.09. The zero-order valence-corrected chi connectivity index (χ0v) is 9.72. The SMILES string of the molecule is CCCCCC#Cc1c[nH]c2ccccc12. The van der Waals surface area contributed by atoms with E-state index in [4.69, 9.17) is 0 Å². The lowest BCUT2D eigenvalue weighted by molar-refractivity contribution is 0.737. The van der Waals surface area contributed by atoms with Gasteiger partial charge in [0.05, 0.1) is 0 Å². The van der Waals surface area contributed by atoms with Crippen molar-refractivity contribution in [1.29, 1.82) is 0 Å². The highest BCUT2D eigenvalue weighted by Crippen LogP contribution is 2.16. The van der Waals surface area contributed by atoms with Crippen LogP contribution in [0.15, 0.2) is 30.5 Å². The Bertz CT molecular complexity index is 511. The van der Waals surface area contributed by atoms with Crippen molar-refractivity contribution in [2.75, 3.05) is 0 Å². The maximum absolute atomic E-state index is 3.25. The van der Waals surface area contributed by atoms with Crippen LogP contribution in [-0.4, -0.2) is 4.98 Å². The standard InChI is InChI=1S/C15H17N/c1-2-3-4-5-6-9-13-12-16-15-11-8-7-10-14(13)15/h7-8,10-12,16H,2-5H2,1H3. The molecule has 0 amide bonds. The van der Waals surface area contributed by atoms with E-state index in [9.17, 15) is 0 Å². The second-order valence-electron chi connectivity index (χ2n) is 4.01. The van der Waals surface area contributed by atoms with E-state index in [0.717, 1.165) is 12.0 Å². The fraction of sp³-hybridized carbons (Fsp3) is 0.333. The van der Waals surface area contributed by atoms with Gasteiger partial charge in [-0.15, -0.1) is 0 Å². The molecule has 0 bridgehead atoms. The van der Waals surface area contributed by atoms with E-state index < -0.39 is 0 Å². The van der Waals surface area contributed by atoms with Gasteiger partial charge in [-0.1, -0.05) is 49.8 Å². The number of nitrogens with one attached hydrogen (secondary N) is 1. The number of para-hydroxylation sites is 1. The molecule has 0 fully saturated rings. The Kier molecular flexibility index (Phi) is 3.66. The Morgan fingerprint density at radius 1 is 1.19 bits per heavy atom. The van der Waals surface area contributed by atoms with Gasteiger partial charge in [-0.05, 0) is 12.5 Å². The lowest BCUT2D eigenvalue weighted by Gasteiger charge is -1.89. The second kappa shape index (κ2) is 5.42. The zero-order valence-electron chi connectivity index (χ0n) is 9.72. The van der Waals surface area contributed by atoms with Crippen LogP contribution in [0.1, 0.15) is 38.2 Å². The van der Waals surface area contributed by atoms with Crippen molar-refractivity contribution in [2.45, 2.75) is 32.6 Å². The molecule has 0 atom stereocenters. The van der Waals surface area contributed by atoms with Crippen LogP contribution in [0.25, 0.3) is 10.9 Å². The van der Waals surface area contributed by atoms with Gasteiger partial charge in [0.15, 0.2) is 0 Å². The average molecular weight is 211 g/mol. The molecule has 0 spiro atoms. The van der Waals surface area contributed by atoms with Crippen LogP contribution in [0.5, 0.6) is 0 Å². The van der Waals surface area contributed by atoms with Gasteiger partial charge >= 0.3 is 0 Å². The van der Waals surface area contributed by atoms with Crippen molar-refractivity contribution < 1.29 is 0 Å². The van der Waals surface area contributed by atoms with Crippen molar-refractivity contribution >= 4 is 10.9 Å². The summed E-state index contributed by atoms with van der Waals surface area (Å²) in [4.78, 5) is 3.24. The number of unbranched alkanes of at least 4 members (excludes halogenated alkanes) is 3. The van der Waals surface area contributed by atoms with Gasteiger partial charge in [0, 0.05) is 29.1 Å². The van der Waals surface area contributed by atoms with Crippen molar-refractivity contribution in [2.24, 2.45) is 0 Å². The van der Waals surface area contributed by atoms with Crippen LogP contribution in [-0.2, 0) is 0 Å². The van der Waals surface area contributed by atoms with Crippen LogP contribution in [0.4, 0.5) is 0 Å². The number of hydrogen-bond acceptors (Lipinski definition) is 0. The van der Waals surface area contributed by atoms with E-state index in [1.807, 2.05) is 12.3 Å². The van der Waals surface area contributed by atoms with Crippen LogP contribution >= 0.6 is 0 Å². The molecule has 2 rings (SSSR count). The van der Waals surface area contributed by atoms with Crippen molar-refractivity contribution in [3.8, 4) is 11.8 Å². The molecule has 1 heterocycles. The lowest BCUT2D eigenvalue weighted by atomic mass is 10.1. The summed E-state index contributed by atoms with van der Waals surface area (Å²) in [5, 5.41) is 1.23. The number of benzene rings is 1. The fourth-order valence-electron chi connectivity index (χ4n) is 1.80. The predicted molar refractivity (Wildman–Crippen MR) is 69.3 cm³/mol. The number of fused-ring (bicyclic) bond motifs is 1. The molecule has 0 saturated carbocycles. The smallest absolute Gasteiger partial charge is 0.0498 e. The lowest BCUT2D eigenvalue weighted by Crippen LogP contribution is -1.73. The molecule has 0 saturated heterocycles. The van der Waals surface area contributed by atoms with Crippen LogP contribution in [0.2, 0.25) is 0 Å². The summed E-state index contributed by atoms with van der Waals surface area (Å²) in [6.45, 7) is 2.22. The van der Waals surface area contributed by atoms with Gasteiger partial charge < -0.3 is 4.98 Å². The highest BCUT2D eigenvalue weighted by molar-refractivity contribution is 5.85. The highest BCUT2D eigenvalue weighted by atomic mass is 14.7. The minimum absolute atomic E-state index is 1.01. The van der Waals surface area contributed by atoms with E-state index in [0.29, 0.717) is 0 Å². The molecule has 1 heteroatoms. The van der Waals surface area contributed by atoms with Gasteiger partial charge in [-0.2, -0.15) is 0 Å². The Morgan fingerprint density at radius 3 is 2.94 bits per heavy atom. The molecule has 0 aliphatic heterocycles. The number of aromatic nitrogens is 1. The number of H-pyrrole nitrogens is 1. The van der Waals surface area contributed by atoms with Crippen LogP contribution in [0, 0.1) is 11.8 Å². The third kappa shape index (κ3) is 2.46. The monoisotopic (exact) mass is 211 g/mol. The first-order valence-electron chi connectivity index (χ1n) is 5.97. The Morgan fingerprint density at radius 2 is 2.06 bits per heavy atom. The van der Waals surface area contributed by atoms with Crippen LogP contribution in [0.3, 0.4) is 0 Å². The van der Waals surface area contributed by atoms with E-state index in [1.165, 1.54) is 30.2 Å². The molecule has 2 aromatic rings. The number of aromatic amines is 1. The molecule has 1 nitrogen and oxygen atoms in total. The summed E-state index contributed by atoms with van der Waals surface area (Å²) >= 11 is 0. The normalized spacial score (nSPS) is 10.1. The summed E-state index contributed by atoms with van der Waals surface area (Å²) in [5.41, 5.74) is 2.28. The molecular weight excluding hydrogens is 194 g/mol. The summed E-state index contributed by atoms with van der Waals surface area (Å²) in [6, 6.07) is 8.29. The Labute approximate surface area is 96.9 Å². The topological polar surface area (TPSA) is 15.8 Å². The van der Waals surface area contributed by atoms with Crippen molar-refractivity contribution in [1.82, 2.24) is 4.98 Å². The first kappa shape index (κ1) is 10.8. The van der Waals surface area contributed by atoms with Crippen LogP contribution < -0.4 is 0 Å². The molecule has 1 aromatic heterocycles. The second-order valence-corrected chi connectivity index (χ2v) is 4.01. The van der Waals surface area contributed by atoms with E-state index in [-0.39, 0.29) is 0 Å². The van der Waals surface area contributed by atoms with Gasteiger partial charge in [-0.25, -0.2) is 0 Å². The Hall–Kier alpha value is -1.68. The average Bonchev–Trinajstić information content (AvgIpc) is 2.73. The molecule has 0 radical (unpaired) electrons. The van der Waals surface area contributed by atoms with Gasteiger partial charge in [0.2, 0.25) is 0 Å². The van der Waals surface area contributed by atoms with Gasteiger partial charge in [0.25, 0.3) is 0 Å². The van der Waals surface area contributed by atoms with E-state index in [2.05, 4.69) is 41.9 Å². The van der Waals surface area contributed by atoms with Crippen molar-refractivity contribution in [3.63, 3.8) is 0 Å².